The molecule has 22 unspecified atom stereocenters. The van der Waals surface area contributed by atoms with Crippen molar-refractivity contribution in [3.05, 3.63) is 35.9 Å². The Balaban J connectivity index is 0.888. The maximum absolute atomic E-state index is 13.3. The van der Waals surface area contributed by atoms with Gasteiger partial charge in [0, 0.05) is 47.5 Å². The van der Waals surface area contributed by atoms with Crippen LogP contribution in [0, 0.1) is 28.6 Å². The van der Waals surface area contributed by atoms with Crippen LogP contribution >= 0.6 is 0 Å². The summed E-state index contributed by atoms with van der Waals surface area (Å²) in [7, 11) is 4.90. The topological polar surface area (TPSA) is 196 Å². The number of aliphatic hydroxyl groups excluding tert-OH is 1. The van der Waals surface area contributed by atoms with Crippen molar-refractivity contribution in [2.45, 2.75) is 222 Å². The molecule has 1 aromatic rings. The number of benzene rings is 1. The van der Waals surface area contributed by atoms with E-state index in [1.54, 1.807) is 59.4 Å². The number of fused-ring (bicyclic) bond motifs is 5. The van der Waals surface area contributed by atoms with E-state index in [0.717, 1.165) is 32.1 Å². The number of methoxy groups -OCH3 is 3. The van der Waals surface area contributed by atoms with Gasteiger partial charge < -0.3 is 67.4 Å². The molecular formula is C51H78O16. The number of hydrogen-bond acceptors (Lipinski definition) is 16. The van der Waals surface area contributed by atoms with Gasteiger partial charge in [0.15, 0.2) is 18.9 Å². The highest BCUT2D eigenvalue weighted by Crippen LogP contribution is 2.71. The van der Waals surface area contributed by atoms with E-state index >= 15 is 0 Å². The fourth-order valence-corrected chi connectivity index (χ4v) is 14.2. The SMILES string of the molecule is COC1CC(OC2C(C)OC(OC3C(C)OC(OC4CCC5(C)C(CCC6C5CC(OC(C)=O)C5(C)C(O)(C(C)OC(=O)c7ccccc7)CCC65O)C4)CC3OC)CC2OC)OC(C)C1O. The van der Waals surface area contributed by atoms with Crippen LogP contribution in [0.5, 0.6) is 0 Å². The summed E-state index contributed by atoms with van der Waals surface area (Å²) >= 11 is 0. The van der Waals surface area contributed by atoms with Crippen molar-refractivity contribution in [2.24, 2.45) is 28.6 Å². The molecule has 4 saturated carbocycles. The second-order valence-electron chi connectivity index (χ2n) is 21.4. The van der Waals surface area contributed by atoms with Crippen LogP contribution in [-0.4, -0.2) is 152 Å². The Morgan fingerprint density at radius 3 is 1.85 bits per heavy atom. The number of rotatable bonds is 13. The summed E-state index contributed by atoms with van der Waals surface area (Å²) in [5.74, 6) is -0.881. The molecule has 7 aliphatic rings. The molecule has 0 aromatic heterocycles. The monoisotopic (exact) mass is 947 g/mol. The first-order valence-electron chi connectivity index (χ1n) is 24.9. The second kappa shape index (κ2) is 20.1. The van der Waals surface area contributed by atoms with Crippen molar-refractivity contribution in [1.29, 1.82) is 0 Å². The molecule has 3 aliphatic heterocycles. The first-order chi connectivity index (χ1) is 31.8. The Morgan fingerprint density at radius 1 is 0.701 bits per heavy atom. The predicted molar refractivity (Wildman–Crippen MR) is 240 cm³/mol. The summed E-state index contributed by atoms with van der Waals surface area (Å²) in [5.41, 5.74) is -4.14. The van der Waals surface area contributed by atoms with Crippen molar-refractivity contribution in [2.75, 3.05) is 21.3 Å². The molecule has 0 amide bonds. The Hall–Kier alpha value is -2.32. The first-order valence-corrected chi connectivity index (χ1v) is 24.9. The van der Waals surface area contributed by atoms with Crippen LogP contribution in [0.1, 0.15) is 129 Å². The molecule has 16 heteroatoms. The molecule has 1 aromatic carbocycles. The molecule has 22 atom stereocenters. The smallest absolute Gasteiger partial charge is 0.338 e. The highest BCUT2D eigenvalue weighted by atomic mass is 16.7. The van der Waals surface area contributed by atoms with E-state index in [2.05, 4.69) is 6.92 Å². The summed E-state index contributed by atoms with van der Waals surface area (Å²) in [6.07, 6.45) is -1.13. The van der Waals surface area contributed by atoms with Gasteiger partial charge in [-0.2, -0.15) is 0 Å². The number of carbonyl (C=O) groups excluding carboxylic acids is 2. The summed E-state index contributed by atoms with van der Waals surface area (Å²) in [6.45, 7) is 12.9. The molecule has 7 fully saturated rings. The van der Waals surface area contributed by atoms with Gasteiger partial charge in [-0.25, -0.2) is 4.79 Å². The third kappa shape index (κ3) is 9.27. The van der Waals surface area contributed by atoms with Crippen LogP contribution in [0.2, 0.25) is 0 Å². The standard InChI is InChI=1S/C51H78O16/c1-27-44(53)37(57-8)24-42(60-27)66-46-29(3)62-43(26-39(46)59-10)67-45-28(2)61-41(25-38(45)58-9)65-34-18-19-48(6)33(22-34)16-17-35-36(48)23-40(64-31(5)52)49(7)50(55,20-21-51(35,49)56)30(4)63-47(54)32-14-12-11-13-15-32/h11-15,27-30,33-46,53,55-56H,16-26H2,1-10H3. The van der Waals surface area contributed by atoms with E-state index < -0.39 is 96.3 Å². The molecule has 3 saturated heterocycles. The van der Waals surface area contributed by atoms with Crippen molar-refractivity contribution in [3.8, 4) is 0 Å². The Bertz CT molecular complexity index is 1860. The third-order valence-corrected chi connectivity index (χ3v) is 18.1. The predicted octanol–water partition coefficient (Wildman–Crippen LogP) is 5.63. The lowest BCUT2D eigenvalue weighted by Gasteiger charge is -2.66. The van der Waals surface area contributed by atoms with E-state index in [0.29, 0.717) is 37.7 Å². The number of carbonyl (C=O) groups is 2. The number of esters is 2. The lowest BCUT2D eigenvalue weighted by atomic mass is 9.42. The highest BCUT2D eigenvalue weighted by molar-refractivity contribution is 5.89. The lowest BCUT2D eigenvalue weighted by Crippen LogP contribution is -2.72. The molecule has 67 heavy (non-hydrogen) atoms. The fourth-order valence-electron chi connectivity index (χ4n) is 14.2. The van der Waals surface area contributed by atoms with Crippen LogP contribution in [0.4, 0.5) is 0 Å². The number of ether oxygens (including phenoxy) is 11. The molecule has 8 rings (SSSR count). The summed E-state index contributed by atoms with van der Waals surface area (Å²) < 4.78 is 68.3. The van der Waals surface area contributed by atoms with Crippen molar-refractivity contribution in [1.82, 2.24) is 0 Å². The van der Waals surface area contributed by atoms with Crippen molar-refractivity contribution in [3.63, 3.8) is 0 Å². The van der Waals surface area contributed by atoms with Gasteiger partial charge >= 0.3 is 11.9 Å². The van der Waals surface area contributed by atoms with E-state index in [1.807, 2.05) is 26.8 Å². The van der Waals surface area contributed by atoms with Gasteiger partial charge in [0.25, 0.3) is 0 Å². The zero-order valence-corrected chi connectivity index (χ0v) is 41.2. The van der Waals surface area contributed by atoms with Crippen LogP contribution in [0.15, 0.2) is 30.3 Å². The first kappa shape index (κ1) is 51.0. The minimum Gasteiger partial charge on any atom is -0.462 e. The summed E-state index contributed by atoms with van der Waals surface area (Å²) in [6, 6.07) is 8.67. The number of hydrogen-bond donors (Lipinski definition) is 3. The Morgan fingerprint density at radius 2 is 1.27 bits per heavy atom. The molecule has 0 bridgehead atoms. The van der Waals surface area contributed by atoms with Crippen LogP contribution < -0.4 is 0 Å². The molecule has 4 aliphatic carbocycles. The molecule has 0 spiro atoms. The molecule has 0 radical (unpaired) electrons. The average Bonchev–Trinajstić information content (AvgIpc) is 3.53. The van der Waals surface area contributed by atoms with Gasteiger partial charge in [0.05, 0.1) is 59.3 Å². The van der Waals surface area contributed by atoms with E-state index in [1.165, 1.54) is 6.92 Å². The van der Waals surface area contributed by atoms with Crippen molar-refractivity contribution >= 4 is 11.9 Å². The minimum atomic E-state index is -1.65. The molecule has 378 valence electrons. The maximum Gasteiger partial charge on any atom is 0.338 e. The average molecular weight is 947 g/mol. The zero-order valence-electron chi connectivity index (χ0n) is 41.2. The number of aliphatic hydroxyl groups is 3. The normalized spacial score (nSPS) is 48.0. The van der Waals surface area contributed by atoms with E-state index in [9.17, 15) is 24.9 Å². The van der Waals surface area contributed by atoms with Crippen molar-refractivity contribution < 1.29 is 77.0 Å². The van der Waals surface area contributed by atoms with Gasteiger partial charge in [-0.05, 0) is 114 Å². The summed E-state index contributed by atoms with van der Waals surface area (Å²) in [5, 5.41) is 36.3. The molecule has 3 N–H and O–H groups in total. The van der Waals surface area contributed by atoms with Crippen LogP contribution in [-0.2, 0) is 56.9 Å². The van der Waals surface area contributed by atoms with Gasteiger partial charge in [0.2, 0.25) is 0 Å². The fraction of sp³-hybridized carbons (Fsp3) is 0.843. The molecular weight excluding hydrogens is 869 g/mol. The molecule has 16 nitrogen and oxygen atoms in total. The minimum absolute atomic E-state index is 0.0199. The quantitative estimate of drug-likeness (QED) is 0.163. The van der Waals surface area contributed by atoms with Gasteiger partial charge in [-0.3, -0.25) is 4.79 Å². The molecule has 3 heterocycles. The Labute approximate surface area is 396 Å². The van der Waals surface area contributed by atoms with Gasteiger partial charge in [-0.1, -0.05) is 32.0 Å². The highest BCUT2D eigenvalue weighted by Gasteiger charge is 2.77. The van der Waals surface area contributed by atoms with E-state index in [4.69, 9.17) is 52.1 Å². The van der Waals surface area contributed by atoms with Gasteiger partial charge in [0.1, 0.15) is 36.1 Å². The maximum atomic E-state index is 13.3. The Kier molecular flexibility index (Phi) is 15.3. The van der Waals surface area contributed by atoms with E-state index in [-0.39, 0.29) is 54.0 Å². The second-order valence-corrected chi connectivity index (χ2v) is 21.4. The summed E-state index contributed by atoms with van der Waals surface area (Å²) in [4.78, 5) is 26.1. The van der Waals surface area contributed by atoms with Gasteiger partial charge in [-0.15, -0.1) is 0 Å². The zero-order chi connectivity index (χ0) is 48.2. The lowest BCUT2D eigenvalue weighted by molar-refractivity contribution is -0.339. The van der Waals surface area contributed by atoms with Crippen LogP contribution in [0.25, 0.3) is 0 Å². The van der Waals surface area contributed by atoms with Crippen LogP contribution in [0.3, 0.4) is 0 Å². The largest absolute Gasteiger partial charge is 0.462 e. The third-order valence-electron chi connectivity index (χ3n) is 18.1.